The van der Waals surface area contributed by atoms with Gasteiger partial charge < -0.3 is 15.6 Å². The Balaban J connectivity index is 1.96. The van der Waals surface area contributed by atoms with Crippen molar-refractivity contribution >= 4 is 11.6 Å². The number of rotatable bonds is 1. The predicted molar refractivity (Wildman–Crippen MR) is 59.9 cm³/mol. The number of likely N-dealkylation sites (tertiary alicyclic amines) is 1. The van der Waals surface area contributed by atoms with Gasteiger partial charge in [-0.25, -0.2) is 0 Å². The largest absolute Gasteiger partial charge is 0.397 e. The number of hydrogen-bond acceptors (Lipinski definition) is 2. The van der Waals surface area contributed by atoms with E-state index in [0.29, 0.717) is 11.4 Å². The molecule has 2 heterocycles. The summed E-state index contributed by atoms with van der Waals surface area (Å²) >= 11 is 0. The topological polar surface area (TPSA) is 62.1 Å². The van der Waals surface area contributed by atoms with E-state index >= 15 is 0 Å². The number of halogens is 3. The maximum atomic E-state index is 12.5. The first kappa shape index (κ1) is 12.8. The Morgan fingerprint density at radius 3 is 2.44 bits per heavy atom. The van der Waals surface area contributed by atoms with Gasteiger partial charge in [0.2, 0.25) is 0 Å². The molecular formula is C11H14F3N3O. The predicted octanol–water partition coefficient (Wildman–Crippen LogP) is 2.01. The van der Waals surface area contributed by atoms with E-state index in [9.17, 15) is 18.0 Å². The fraction of sp³-hybridized carbons (Fsp3) is 0.545. The van der Waals surface area contributed by atoms with Gasteiger partial charge in [-0.05, 0) is 18.9 Å². The van der Waals surface area contributed by atoms with Crippen molar-refractivity contribution in [3.05, 3.63) is 18.0 Å². The van der Waals surface area contributed by atoms with Crippen LogP contribution in [0.1, 0.15) is 23.3 Å². The summed E-state index contributed by atoms with van der Waals surface area (Å²) in [6.07, 6.45) is -2.75. The van der Waals surface area contributed by atoms with Gasteiger partial charge in [0.25, 0.3) is 5.91 Å². The highest BCUT2D eigenvalue weighted by Gasteiger charge is 2.41. The quantitative estimate of drug-likeness (QED) is 0.812. The van der Waals surface area contributed by atoms with Gasteiger partial charge in [0, 0.05) is 25.0 Å². The molecule has 0 spiro atoms. The van der Waals surface area contributed by atoms with Crippen molar-refractivity contribution in [2.45, 2.75) is 19.0 Å². The molecule has 1 aliphatic rings. The average molecular weight is 261 g/mol. The van der Waals surface area contributed by atoms with E-state index < -0.39 is 12.1 Å². The fourth-order valence-corrected chi connectivity index (χ4v) is 2.11. The molecule has 0 unspecified atom stereocenters. The average Bonchev–Trinajstić information content (AvgIpc) is 2.74. The van der Waals surface area contributed by atoms with Gasteiger partial charge in [0.1, 0.15) is 5.69 Å². The second-order valence-corrected chi connectivity index (χ2v) is 4.45. The summed E-state index contributed by atoms with van der Waals surface area (Å²) in [4.78, 5) is 16.1. The monoisotopic (exact) mass is 261 g/mol. The van der Waals surface area contributed by atoms with Crippen molar-refractivity contribution in [3.63, 3.8) is 0 Å². The summed E-state index contributed by atoms with van der Waals surface area (Å²) in [5.74, 6) is -1.59. The molecule has 0 aliphatic carbocycles. The lowest BCUT2D eigenvalue weighted by molar-refractivity contribution is -0.183. The second kappa shape index (κ2) is 4.55. The van der Waals surface area contributed by atoms with E-state index in [-0.39, 0.29) is 31.8 Å². The van der Waals surface area contributed by atoms with Gasteiger partial charge >= 0.3 is 6.18 Å². The minimum Gasteiger partial charge on any atom is -0.397 e. The maximum Gasteiger partial charge on any atom is 0.391 e. The first-order chi connectivity index (χ1) is 8.38. The summed E-state index contributed by atoms with van der Waals surface area (Å²) in [6, 6.07) is 1.48. The standard InChI is InChI=1S/C11H14F3N3O/c12-11(13,14)7-1-3-17(4-2-7)10(18)9-5-8(15)6-16-9/h5-7,16H,1-4,15H2. The third-order valence-electron chi connectivity index (χ3n) is 3.18. The molecule has 1 aromatic rings. The lowest BCUT2D eigenvalue weighted by Crippen LogP contribution is -2.42. The number of amides is 1. The number of nitrogens with zero attached hydrogens (tertiary/aromatic N) is 1. The van der Waals surface area contributed by atoms with Crippen LogP contribution in [0.5, 0.6) is 0 Å². The van der Waals surface area contributed by atoms with E-state index in [1.54, 1.807) is 0 Å². The number of nitrogens with one attached hydrogen (secondary N) is 1. The molecule has 100 valence electrons. The fourth-order valence-electron chi connectivity index (χ4n) is 2.11. The van der Waals surface area contributed by atoms with Crippen molar-refractivity contribution in [2.75, 3.05) is 18.8 Å². The molecule has 0 atom stereocenters. The molecular weight excluding hydrogens is 247 g/mol. The molecule has 1 saturated heterocycles. The van der Waals surface area contributed by atoms with Gasteiger partial charge in [0.15, 0.2) is 0 Å². The molecule has 1 amide bonds. The van der Waals surface area contributed by atoms with Crippen LogP contribution in [0, 0.1) is 5.92 Å². The highest BCUT2D eigenvalue weighted by atomic mass is 19.4. The van der Waals surface area contributed by atoms with Crippen LogP contribution < -0.4 is 5.73 Å². The van der Waals surface area contributed by atoms with Gasteiger partial charge in [-0.15, -0.1) is 0 Å². The minimum atomic E-state index is -4.16. The van der Waals surface area contributed by atoms with E-state index in [0.717, 1.165) is 0 Å². The molecule has 0 aromatic carbocycles. The van der Waals surface area contributed by atoms with Crippen molar-refractivity contribution in [3.8, 4) is 0 Å². The smallest absolute Gasteiger partial charge is 0.391 e. The number of nitrogen functional groups attached to an aromatic ring is 1. The van der Waals surface area contributed by atoms with Crippen LogP contribution in [0.3, 0.4) is 0 Å². The minimum absolute atomic E-state index is 0.0363. The Bertz CT molecular complexity index is 433. The van der Waals surface area contributed by atoms with E-state index in [1.807, 2.05) is 0 Å². The van der Waals surface area contributed by atoms with Gasteiger partial charge in [-0.1, -0.05) is 0 Å². The number of anilines is 1. The number of piperidine rings is 1. The van der Waals surface area contributed by atoms with Crippen LogP contribution in [0.15, 0.2) is 12.3 Å². The number of H-pyrrole nitrogens is 1. The molecule has 0 radical (unpaired) electrons. The number of hydrogen-bond donors (Lipinski definition) is 2. The molecule has 1 fully saturated rings. The first-order valence-electron chi connectivity index (χ1n) is 5.68. The molecule has 18 heavy (non-hydrogen) atoms. The number of aromatic amines is 1. The van der Waals surface area contributed by atoms with Gasteiger partial charge in [-0.2, -0.15) is 13.2 Å². The molecule has 0 bridgehead atoms. The Morgan fingerprint density at radius 1 is 1.39 bits per heavy atom. The third kappa shape index (κ3) is 2.60. The number of nitrogens with two attached hydrogens (primary N) is 1. The zero-order chi connectivity index (χ0) is 13.3. The summed E-state index contributed by atoms with van der Waals surface area (Å²) in [5, 5.41) is 0. The van der Waals surface area contributed by atoms with Crippen molar-refractivity contribution in [1.82, 2.24) is 9.88 Å². The van der Waals surface area contributed by atoms with Crippen LogP contribution >= 0.6 is 0 Å². The van der Waals surface area contributed by atoms with Crippen LogP contribution in [-0.4, -0.2) is 35.1 Å². The summed E-state index contributed by atoms with van der Waals surface area (Å²) in [6.45, 7) is 0.254. The Kier molecular flexibility index (Phi) is 3.23. The molecule has 1 aromatic heterocycles. The van der Waals surface area contributed by atoms with Crippen molar-refractivity contribution < 1.29 is 18.0 Å². The number of carbonyl (C=O) groups is 1. The Labute approximate surface area is 102 Å². The molecule has 3 N–H and O–H groups in total. The Hall–Kier alpha value is -1.66. The first-order valence-corrected chi connectivity index (χ1v) is 5.68. The number of alkyl halides is 3. The van der Waals surface area contributed by atoms with E-state index in [4.69, 9.17) is 5.73 Å². The molecule has 2 rings (SSSR count). The summed E-state index contributed by atoms with van der Waals surface area (Å²) in [5.41, 5.74) is 6.23. The lowest BCUT2D eigenvalue weighted by Gasteiger charge is -2.32. The highest BCUT2D eigenvalue weighted by molar-refractivity contribution is 5.93. The molecule has 1 aliphatic heterocycles. The molecule has 7 heteroatoms. The maximum absolute atomic E-state index is 12.5. The van der Waals surface area contributed by atoms with Crippen molar-refractivity contribution in [1.29, 1.82) is 0 Å². The number of carbonyl (C=O) groups excluding carboxylic acids is 1. The third-order valence-corrected chi connectivity index (χ3v) is 3.18. The van der Waals surface area contributed by atoms with Crippen molar-refractivity contribution in [2.24, 2.45) is 5.92 Å². The number of aromatic nitrogens is 1. The lowest BCUT2D eigenvalue weighted by atomic mass is 9.96. The zero-order valence-corrected chi connectivity index (χ0v) is 9.63. The molecule has 0 saturated carbocycles. The van der Waals surface area contributed by atoms with Crippen LogP contribution in [0.4, 0.5) is 18.9 Å². The normalized spacial score (nSPS) is 18.1. The molecule has 4 nitrogen and oxygen atoms in total. The summed E-state index contributed by atoms with van der Waals surface area (Å²) in [7, 11) is 0. The Morgan fingerprint density at radius 2 is 2.00 bits per heavy atom. The van der Waals surface area contributed by atoms with Crippen LogP contribution in [0.2, 0.25) is 0 Å². The van der Waals surface area contributed by atoms with E-state index in [2.05, 4.69) is 4.98 Å². The second-order valence-electron chi connectivity index (χ2n) is 4.45. The highest BCUT2D eigenvalue weighted by Crippen LogP contribution is 2.34. The zero-order valence-electron chi connectivity index (χ0n) is 9.63. The van der Waals surface area contributed by atoms with Crippen LogP contribution in [0.25, 0.3) is 0 Å². The summed E-state index contributed by atoms with van der Waals surface area (Å²) < 4.78 is 37.4. The SMILES string of the molecule is Nc1c[nH]c(C(=O)N2CCC(C(F)(F)F)CC2)c1. The van der Waals surface area contributed by atoms with Crippen LogP contribution in [-0.2, 0) is 0 Å². The van der Waals surface area contributed by atoms with Gasteiger partial charge in [0.05, 0.1) is 5.92 Å². The van der Waals surface area contributed by atoms with Gasteiger partial charge in [-0.3, -0.25) is 4.79 Å². The van der Waals surface area contributed by atoms with E-state index in [1.165, 1.54) is 17.2 Å².